The van der Waals surface area contributed by atoms with Crippen LogP contribution in [-0.4, -0.2) is 51.8 Å². The van der Waals surface area contributed by atoms with Crippen LogP contribution in [0.25, 0.3) is 17.1 Å². The summed E-state index contributed by atoms with van der Waals surface area (Å²) >= 11 is 7.85. The van der Waals surface area contributed by atoms with E-state index in [0.717, 1.165) is 36.0 Å². The molecule has 4 aromatic rings. The van der Waals surface area contributed by atoms with E-state index in [9.17, 15) is 4.79 Å². The van der Waals surface area contributed by atoms with Crippen LogP contribution in [0.4, 0.5) is 5.13 Å². The zero-order valence-electron chi connectivity index (χ0n) is 17.6. The fraction of sp³-hybridized carbons (Fsp3) is 0.261. The summed E-state index contributed by atoms with van der Waals surface area (Å²) in [5.41, 5.74) is 2.88. The van der Waals surface area contributed by atoms with Crippen molar-refractivity contribution >= 4 is 34.0 Å². The highest BCUT2D eigenvalue weighted by molar-refractivity contribution is 7.13. The maximum Gasteiger partial charge on any atom is 0.274 e. The normalized spacial score (nSPS) is 14.6. The molecular weight excluding hydrogens is 446 g/mol. The second-order valence-electron chi connectivity index (χ2n) is 7.69. The van der Waals surface area contributed by atoms with Crippen molar-refractivity contribution in [2.75, 3.05) is 31.1 Å². The number of benzene rings is 1. The van der Waals surface area contributed by atoms with E-state index in [1.54, 1.807) is 34.4 Å². The lowest BCUT2D eigenvalue weighted by atomic mass is 10.2. The number of aryl methyl sites for hydroxylation is 1. The van der Waals surface area contributed by atoms with Crippen molar-refractivity contribution in [2.24, 2.45) is 0 Å². The van der Waals surface area contributed by atoms with Gasteiger partial charge in [-0.2, -0.15) is 5.10 Å². The lowest BCUT2D eigenvalue weighted by Crippen LogP contribution is -2.35. The minimum absolute atomic E-state index is 0.0873. The van der Waals surface area contributed by atoms with E-state index in [2.05, 4.69) is 20.4 Å². The number of rotatable bonds is 4. The first-order chi connectivity index (χ1) is 15.6. The van der Waals surface area contributed by atoms with Gasteiger partial charge in [0, 0.05) is 42.6 Å². The Morgan fingerprint density at radius 2 is 2.03 bits per heavy atom. The number of halogens is 1. The quantitative estimate of drug-likeness (QED) is 0.427. The number of anilines is 1. The molecule has 1 saturated heterocycles. The monoisotopic (exact) mass is 467 g/mol. The molecule has 0 N–H and O–H groups in total. The molecule has 0 radical (unpaired) electrons. The van der Waals surface area contributed by atoms with Crippen molar-refractivity contribution < 1.29 is 9.21 Å². The van der Waals surface area contributed by atoms with Crippen LogP contribution in [0.15, 0.2) is 58.5 Å². The summed E-state index contributed by atoms with van der Waals surface area (Å²) in [6.45, 7) is 4.93. The fourth-order valence-corrected chi connectivity index (χ4v) is 4.89. The lowest BCUT2D eigenvalue weighted by Gasteiger charge is -2.21. The van der Waals surface area contributed by atoms with Gasteiger partial charge >= 0.3 is 0 Å². The highest BCUT2D eigenvalue weighted by Crippen LogP contribution is 2.27. The first-order valence-electron chi connectivity index (χ1n) is 10.4. The summed E-state index contributed by atoms with van der Waals surface area (Å²) in [5.74, 6) is 0.550. The van der Waals surface area contributed by atoms with E-state index in [1.807, 2.05) is 42.2 Å². The van der Waals surface area contributed by atoms with Crippen LogP contribution in [0.3, 0.4) is 0 Å². The number of hydrogen-bond acceptors (Lipinski definition) is 6. The van der Waals surface area contributed by atoms with Crippen molar-refractivity contribution in [3.8, 4) is 17.1 Å². The lowest BCUT2D eigenvalue weighted by molar-refractivity contribution is 0.0760. The Hall–Kier alpha value is -3.10. The number of hydrogen-bond donors (Lipinski definition) is 0. The molecule has 1 aromatic carbocycles. The second kappa shape index (κ2) is 8.80. The predicted molar refractivity (Wildman–Crippen MR) is 126 cm³/mol. The SMILES string of the molecule is Cc1csc(N2CCCN(C(=O)c3cc(-c4ccco4)n(-c4cccc(Cl)c4)n3)CC2)n1. The summed E-state index contributed by atoms with van der Waals surface area (Å²) in [4.78, 5) is 22.1. The maximum absolute atomic E-state index is 13.4. The molecule has 1 aliphatic rings. The van der Waals surface area contributed by atoms with Gasteiger partial charge in [0.2, 0.25) is 0 Å². The van der Waals surface area contributed by atoms with Crippen molar-refractivity contribution in [1.29, 1.82) is 0 Å². The highest BCUT2D eigenvalue weighted by atomic mass is 35.5. The predicted octanol–water partition coefficient (Wildman–Crippen LogP) is 4.90. The third-order valence-electron chi connectivity index (χ3n) is 5.42. The summed E-state index contributed by atoms with van der Waals surface area (Å²) in [6, 6.07) is 12.8. The zero-order chi connectivity index (χ0) is 22.1. The Labute approximate surface area is 194 Å². The Morgan fingerprint density at radius 3 is 2.78 bits per heavy atom. The van der Waals surface area contributed by atoms with Crippen LogP contribution >= 0.6 is 22.9 Å². The molecule has 7 nitrogen and oxygen atoms in total. The zero-order valence-corrected chi connectivity index (χ0v) is 19.1. The molecule has 0 saturated carbocycles. The van der Waals surface area contributed by atoms with E-state index in [-0.39, 0.29) is 5.91 Å². The molecule has 0 aliphatic carbocycles. The third kappa shape index (κ3) is 4.16. The Balaban J connectivity index is 1.42. The maximum atomic E-state index is 13.4. The molecule has 3 aromatic heterocycles. The van der Waals surface area contributed by atoms with E-state index in [4.69, 9.17) is 16.0 Å². The smallest absolute Gasteiger partial charge is 0.274 e. The Morgan fingerprint density at radius 1 is 1.12 bits per heavy atom. The van der Waals surface area contributed by atoms with Crippen LogP contribution in [0.2, 0.25) is 5.02 Å². The number of thiazole rings is 1. The van der Waals surface area contributed by atoms with Gasteiger partial charge in [-0.15, -0.1) is 11.3 Å². The highest BCUT2D eigenvalue weighted by Gasteiger charge is 2.25. The molecule has 4 heterocycles. The fourth-order valence-electron chi connectivity index (χ4n) is 3.85. The number of furan rings is 1. The van der Waals surface area contributed by atoms with Crippen LogP contribution < -0.4 is 4.90 Å². The largest absolute Gasteiger partial charge is 0.463 e. The molecule has 32 heavy (non-hydrogen) atoms. The third-order valence-corrected chi connectivity index (χ3v) is 6.67. The van der Waals surface area contributed by atoms with Gasteiger partial charge in [-0.3, -0.25) is 4.79 Å². The molecule has 0 unspecified atom stereocenters. The summed E-state index contributed by atoms with van der Waals surface area (Å²) < 4.78 is 7.31. The molecule has 1 fully saturated rings. The molecule has 5 rings (SSSR count). The van der Waals surface area contributed by atoms with Crippen LogP contribution in [-0.2, 0) is 0 Å². The second-order valence-corrected chi connectivity index (χ2v) is 8.96. The van der Waals surface area contributed by atoms with Crippen molar-refractivity contribution in [2.45, 2.75) is 13.3 Å². The van der Waals surface area contributed by atoms with Gasteiger partial charge in [-0.25, -0.2) is 9.67 Å². The van der Waals surface area contributed by atoms with Crippen LogP contribution in [0.1, 0.15) is 22.6 Å². The molecule has 1 amide bonds. The number of carbonyl (C=O) groups excluding carboxylic acids is 1. The van der Waals surface area contributed by atoms with Crippen LogP contribution in [0, 0.1) is 6.92 Å². The topological polar surface area (TPSA) is 67.4 Å². The van der Waals surface area contributed by atoms with Gasteiger partial charge in [0.15, 0.2) is 16.6 Å². The number of carbonyl (C=O) groups is 1. The van der Waals surface area contributed by atoms with Gasteiger partial charge < -0.3 is 14.2 Å². The van der Waals surface area contributed by atoms with E-state index < -0.39 is 0 Å². The number of amides is 1. The number of aromatic nitrogens is 3. The molecule has 164 valence electrons. The Bertz CT molecular complexity index is 1230. The van der Waals surface area contributed by atoms with Crippen molar-refractivity contribution in [3.63, 3.8) is 0 Å². The summed E-state index contributed by atoms with van der Waals surface area (Å²) in [7, 11) is 0. The first kappa shape index (κ1) is 20.8. The summed E-state index contributed by atoms with van der Waals surface area (Å²) in [5, 5.41) is 8.32. The van der Waals surface area contributed by atoms with Gasteiger partial charge in [0.25, 0.3) is 5.91 Å². The molecular formula is C23H22ClN5O2S. The van der Waals surface area contributed by atoms with Gasteiger partial charge in [0.05, 0.1) is 17.6 Å². The summed E-state index contributed by atoms with van der Waals surface area (Å²) in [6.07, 6.45) is 2.49. The minimum Gasteiger partial charge on any atom is -0.463 e. The van der Waals surface area contributed by atoms with E-state index >= 15 is 0 Å². The van der Waals surface area contributed by atoms with Crippen molar-refractivity contribution in [1.82, 2.24) is 19.7 Å². The molecule has 1 aliphatic heterocycles. The number of nitrogens with zero attached hydrogens (tertiary/aromatic N) is 5. The van der Waals surface area contributed by atoms with Gasteiger partial charge in [-0.1, -0.05) is 17.7 Å². The minimum atomic E-state index is -0.0873. The molecule has 0 spiro atoms. The molecule has 9 heteroatoms. The Kier molecular flexibility index (Phi) is 5.71. The average Bonchev–Trinajstić information content (AvgIpc) is 3.51. The van der Waals surface area contributed by atoms with Crippen molar-refractivity contribution in [3.05, 3.63) is 70.5 Å². The van der Waals surface area contributed by atoms with Gasteiger partial charge in [0.1, 0.15) is 5.69 Å². The first-order valence-corrected chi connectivity index (χ1v) is 11.7. The van der Waals surface area contributed by atoms with E-state index in [0.29, 0.717) is 35.3 Å². The van der Waals surface area contributed by atoms with E-state index in [1.165, 1.54) is 0 Å². The van der Waals surface area contributed by atoms with Crippen LogP contribution in [0.5, 0.6) is 0 Å². The molecule has 0 bridgehead atoms. The van der Waals surface area contributed by atoms with Gasteiger partial charge in [-0.05, 0) is 43.7 Å². The molecule has 0 atom stereocenters. The standard InChI is InChI=1S/C23H22ClN5O2S/c1-16-15-32-23(25-16)28-9-4-8-27(10-11-28)22(30)19-14-20(21-7-3-12-31-21)29(26-19)18-6-2-5-17(24)13-18/h2-3,5-7,12-15H,4,8-11H2,1H3. The average molecular weight is 468 g/mol.